The maximum Gasteiger partial charge on any atom is 0.227 e. The van der Waals surface area contributed by atoms with Crippen molar-refractivity contribution in [2.75, 3.05) is 13.7 Å². The van der Waals surface area contributed by atoms with Crippen LogP contribution in [0.25, 0.3) is 0 Å². The van der Waals surface area contributed by atoms with Gasteiger partial charge in [0.15, 0.2) is 5.82 Å². The van der Waals surface area contributed by atoms with E-state index in [9.17, 15) is 9.59 Å². The van der Waals surface area contributed by atoms with Gasteiger partial charge < -0.3 is 19.5 Å². The van der Waals surface area contributed by atoms with Crippen LogP contribution in [-0.4, -0.2) is 40.5 Å². The van der Waals surface area contributed by atoms with Crippen LogP contribution in [0.3, 0.4) is 0 Å². The number of ether oxygens (including phenoxy) is 1. The quantitative estimate of drug-likeness (QED) is 0.540. The number of amides is 2. The molecule has 1 aliphatic heterocycles. The summed E-state index contributed by atoms with van der Waals surface area (Å²) in [6.45, 7) is 1.15. The molecular weight excluding hydrogens is 420 g/mol. The van der Waals surface area contributed by atoms with E-state index in [-0.39, 0.29) is 24.3 Å². The van der Waals surface area contributed by atoms with Crippen LogP contribution in [0.15, 0.2) is 59.1 Å². The summed E-state index contributed by atoms with van der Waals surface area (Å²) in [5.41, 5.74) is 1.95. The van der Waals surface area contributed by atoms with E-state index in [2.05, 4.69) is 15.5 Å². The van der Waals surface area contributed by atoms with Gasteiger partial charge in [0.05, 0.1) is 19.6 Å². The Kier molecular flexibility index (Phi) is 7.34. The second-order valence-corrected chi connectivity index (χ2v) is 8.08. The first kappa shape index (κ1) is 22.5. The number of hydrogen-bond donors (Lipinski definition) is 1. The largest absolute Gasteiger partial charge is 0.497 e. The van der Waals surface area contributed by atoms with Crippen LogP contribution in [0.5, 0.6) is 5.75 Å². The van der Waals surface area contributed by atoms with Gasteiger partial charge in [-0.3, -0.25) is 9.59 Å². The number of likely N-dealkylation sites (tertiary alicyclic amines) is 1. The van der Waals surface area contributed by atoms with Gasteiger partial charge in [0, 0.05) is 25.9 Å². The fourth-order valence-electron chi connectivity index (χ4n) is 4.00. The monoisotopic (exact) mass is 448 g/mol. The standard InChI is InChI=1S/C25H28N4O4/c1-32-20-10-5-9-19(15-20)16-24(31)29-14-6-11-21(29)25-27-23(33-28-25)13-12-22(30)26-17-18-7-3-2-4-8-18/h2-5,7-10,15,21H,6,11-14,16-17H2,1H3,(H,26,30). The van der Waals surface area contributed by atoms with Crippen LogP contribution in [0, 0.1) is 0 Å². The number of nitrogens with one attached hydrogen (secondary N) is 1. The van der Waals surface area contributed by atoms with Crippen molar-refractivity contribution in [1.82, 2.24) is 20.4 Å². The Labute approximate surface area is 192 Å². The van der Waals surface area contributed by atoms with Gasteiger partial charge >= 0.3 is 0 Å². The minimum Gasteiger partial charge on any atom is -0.497 e. The Morgan fingerprint density at radius 1 is 1.15 bits per heavy atom. The molecule has 0 aliphatic carbocycles. The van der Waals surface area contributed by atoms with Crippen LogP contribution in [0.2, 0.25) is 0 Å². The van der Waals surface area contributed by atoms with E-state index < -0.39 is 0 Å². The minimum atomic E-state index is -0.201. The molecule has 1 aliphatic rings. The topological polar surface area (TPSA) is 97.6 Å². The van der Waals surface area contributed by atoms with Gasteiger partial charge in [0.1, 0.15) is 5.75 Å². The molecule has 0 radical (unpaired) electrons. The van der Waals surface area contributed by atoms with E-state index in [0.29, 0.717) is 37.6 Å². The molecule has 1 atom stereocenters. The van der Waals surface area contributed by atoms with Crippen LogP contribution in [-0.2, 0) is 29.0 Å². The summed E-state index contributed by atoms with van der Waals surface area (Å²) in [5, 5.41) is 7.00. The molecule has 2 amide bonds. The van der Waals surface area contributed by atoms with Crippen molar-refractivity contribution in [1.29, 1.82) is 0 Å². The zero-order valence-corrected chi connectivity index (χ0v) is 18.7. The van der Waals surface area contributed by atoms with Crippen molar-refractivity contribution in [2.24, 2.45) is 0 Å². The van der Waals surface area contributed by atoms with Crippen molar-refractivity contribution in [2.45, 2.75) is 44.7 Å². The average molecular weight is 449 g/mol. The van der Waals surface area contributed by atoms with Gasteiger partial charge in [-0.2, -0.15) is 4.98 Å². The van der Waals surface area contributed by atoms with E-state index in [1.807, 2.05) is 59.5 Å². The summed E-state index contributed by atoms with van der Waals surface area (Å²) >= 11 is 0. The Hall–Kier alpha value is -3.68. The lowest BCUT2D eigenvalue weighted by Gasteiger charge is -2.22. The van der Waals surface area contributed by atoms with Crippen LogP contribution < -0.4 is 10.1 Å². The third-order valence-electron chi connectivity index (χ3n) is 5.74. The summed E-state index contributed by atoms with van der Waals surface area (Å²) in [5.74, 6) is 1.60. The highest BCUT2D eigenvalue weighted by Crippen LogP contribution is 2.31. The van der Waals surface area contributed by atoms with Crippen molar-refractivity contribution in [3.8, 4) is 5.75 Å². The van der Waals surface area contributed by atoms with E-state index in [4.69, 9.17) is 9.26 Å². The number of benzene rings is 2. The van der Waals surface area contributed by atoms with Gasteiger partial charge in [-0.05, 0) is 36.1 Å². The molecule has 1 aromatic heterocycles. The average Bonchev–Trinajstić information content (AvgIpc) is 3.52. The Morgan fingerprint density at radius 2 is 1.97 bits per heavy atom. The maximum atomic E-state index is 13.0. The second kappa shape index (κ2) is 10.8. The van der Waals surface area contributed by atoms with Gasteiger partial charge in [-0.1, -0.05) is 47.6 Å². The molecule has 0 spiro atoms. The number of carbonyl (C=O) groups is 2. The number of rotatable bonds is 9. The summed E-state index contributed by atoms with van der Waals surface area (Å²) in [6.07, 6.45) is 2.59. The molecule has 1 fully saturated rings. The molecule has 1 saturated heterocycles. The minimum absolute atomic E-state index is 0.0254. The predicted octanol–water partition coefficient (Wildman–Crippen LogP) is 3.23. The molecule has 2 heterocycles. The van der Waals surface area contributed by atoms with Crippen molar-refractivity contribution in [3.05, 3.63) is 77.4 Å². The molecule has 1 unspecified atom stereocenters. The van der Waals surface area contributed by atoms with E-state index in [0.717, 1.165) is 29.7 Å². The van der Waals surface area contributed by atoms with Crippen molar-refractivity contribution >= 4 is 11.8 Å². The normalized spacial score (nSPS) is 15.4. The fourth-order valence-corrected chi connectivity index (χ4v) is 4.00. The zero-order valence-electron chi connectivity index (χ0n) is 18.7. The number of nitrogens with zero attached hydrogens (tertiary/aromatic N) is 3. The Morgan fingerprint density at radius 3 is 2.79 bits per heavy atom. The highest BCUT2D eigenvalue weighted by atomic mass is 16.5. The molecule has 3 aromatic rings. The third kappa shape index (κ3) is 5.97. The fraction of sp³-hybridized carbons (Fsp3) is 0.360. The molecule has 8 heteroatoms. The molecule has 2 aromatic carbocycles. The molecule has 8 nitrogen and oxygen atoms in total. The lowest BCUT2D eigenvalue weighted by atomic mass is 10.1. The van der Waals surface area contributed by atoms with Gasteiger partial charge in [0.2, 0.25) is 17.7 Å². The molecule has 33 heavy (non-hydrogen) atoms. The molecule has 0 bridgehead atoms. The maximum absolute atomic E-state index is 13.0. The first-order valence-corrected chi connectivity index (χ1v) is 11.2. The smallest absolute Gasteiger partial charge is 0.227 e. The van der Waals surface area contributed by atoms with Crippen molar-refractivity contribution in [3.63, 3.8) is 0 Å². The first-order valence-electron chi connectivity index (χ1n) is 11.2. The van der Waals surface area contributed by atoms with E-state index >= 15 is 0 Å². The Bertz CT molecular complexity index is 1080. The summed E-state index contributed by atoms with van der Waals surface area (Å²) in [6, 6.07) is 17.1. The zero-order chi connectivity index (χ0) is 23.0. The van der Waals surface area contributed by atoms with Crippen LogP contribution in [0.1, 0.15) is 48.1 Å². The number of carbonyl (C=O) groups excluding carboxylic acids is 2. The summed E-state index contributed by atoms with van der Waals surface area (Å²) in [4.78, 5) is 31.4. The third-order valence-corrected chi connectivity index (χ3v) is 5.74. The lowest BCUT2D eigenvalue weighted by molar-refractivity contribution is -0.131. The van der Waals surface area contributed by atoms with Crippen LogP contribution >= 0.6 is 0 Å². The summed E-state index contributed by atoms with van der Waals surface area (Å²) < 4.78 is 10.6. The summed E-state index contributed by atoms with van der Waals surface area (Å²) in [7, 11) is 1.61. The Balaban J connectivity index is 1.30. The highest BCUT2D eigenvalue weighted by Gasteiger charge is 2.33. The highest BCUT2D eigenvalue weighted by molar-refractivity contribution is 5.79. The van der Waals surface area contributed by atoms with E-state index in [1.165, 1.54) is 0 Å². The number of hydrogen-bond acceptors (Lipinski definition) is 6. The van der Waals surface area contributed by atoms with Gasteiger partial charge in [0.25, 0.3) is 0 Å². The number of methoxy groups -OCH3 is 1. The molecular formula is C25H28N4O4. The second-order valence-electron chi connectivity index (χ2n) is 8.08. The first-order chi connectivity index (χ1) is 16.1. The molecule has 4 rings (SSSR count). The molecule has 1 N–H and O–H groups in total. The number of aryl methyl sites for hydroxylation is 1. The van der Waals surface area contributed by atoms with E-state index in [1.54, 1.807) is 7.11 Å². The lowest BCUT2D eigenvalue weighted by Crippen LogP contribution is -2.32. The number of aromatic nitrogens is 2. The molecule has 172 valence electrons. The van der Waals surface area contributed by atoms with Crippen molar-refractivity contribution < 1.29 is 18.8 Å². The van der Waals surface area contributed by atoms with Gasteiger partial charge in [-0.25, -0.2) is 0 Å². The van der Waals surface area contributed by atoms with Gasteiger partial charge in [-0.15, -0.1) is 0 Å². The molecule has 0 saturated carbocycles. The SMILES string of the molecule is COc1cccc(CC(=O)N2CCCC2c2noc(CCC(=O)NCc3ccccc3)n2)c1. The predicted molar refractivity (Wildman–Crippen MR) is 121 cm³/mol. The van der Waals surface area contributed by atoms with Crippen LogP contribution in [0.4, 0.5) is 0 Å².